The highest BCUT2D eigenvalue weighted by molar-refractivity contribution is 7.80. The van der Waals surface area contributed by atoms with Gasteiger partial charge in [-0.05, 0) is 43.5 Å². The zero-order chi connectivity index (χ0) is 13.8. The van der Waals surface area contributed by atoms with E-state index in [2.05, 4.69) is 0 Å². The summed E-state index contributed by atoms with van der Waals surface area (Å²) in [6, 6.07) is 4.53. The first-order valence-corrected chi connectivity index (χ1v) is 6.42. The molecule has 0 spiro atoms. The van der Waals surface area contributed by atoms with Crippen LogP contribution in [-0.2, 0) is 0 Å². The van der Waals surface area contributed by atoms with Crippen LogP contribution >= 0.6 is 12.2 Å². The standard InChI is InChI=1S/C14H20FNOS/c1-10-9-11(15)5-6-12(10)17-8-4-7-14(2,3)13(16)18/h5-6,9H,4,7-8H2,1-3H3,(H2,16,18). The maximum Gasteiger partial charge on any atom is 0.123 e. The molecule has 100 valence electrons. The topological polar surface area (TPSA) is 35.2 Å². The molecule has 18 heavy (non-hydrogen) atoms. The van der Waals surface area contributed by atoms with Gasteiger partial charge in [0, 0.05) is 5.41 Å². The highest BCUT2D eigenvalue weighted by Crippen LogP contribution is 2.23. The predicted octanol–water partition coefficient (Wildman–Crippen LogP) is 3.61. The number of rotatable bonds is 6. The van der Waals surface area contributed by atoms with E-state index >= 15 is 0 Å². The first kappa shape index (κ1) is 14.9. The summed E-state index contributed by atoms with van der Waals surface area (Å²) in [5.74, 6) is 0.485. The minimum absolute atomic E-state index is 0.142. The molecule has 0 radical (unpaired) electrons. The van der Waals surface area contributed by atoms with Gasteiger partial charge in [0.15, 0.2) is 0 Å². The van der Waals surface area contributed by atoms with Gasteiger partial charge in [-0.15, -0.1) is 0 Å². The van der Waals surface area contributed by atoms with Crippen LogP contribution in [-0.4, -0.2) is 11.6 Å². The molecule has 4 heteroatoms. The second kappa shape index (κ2) is 6.14. The van der Waals surface area contributed by atoms with Crippen LogP contribution in [0, 0.1) is 18.2 Å². The minimum atomic E-state index is -0.241. The molecule has 2 N–H and O–H groups in total. The highest BCUT2D eigenvalue weighted by Gasteiger charge is 2.20. The van der Waals surface area contributed by atoms with Crippen LogP contribution in [0.4, 0.5) is 4.39 Å². The molecule has 0 aliphatic heterocycles. The first-order valence-electron chi connectivity index (χ1n) is 6.02. The van der Waals surface area contributed by atoms with E-state index in [9.17, 15) is 4.39 Å². The van der Waals surface area contributed by atoms with Gasteiger partial charge < -0.3 is 10.5 Å². The van der Waals surface area contributed by atoms with Crippen LogP contribution in [0.2, 0.25) is 0 Å². The Balaban J connectivity index is 2.41. The van der Waals surface area contributed by atoms with Gasteiger partial charge in [0.1, 0.15) is 11.6 Å². The zero-order valence-electron chi connectivity index (χ0n) is 11.1. The fourth-order valence-electron chi connectivity index (χ4n) is 1.59. The molecule has 0 aliphatic rings. The summed E-state index contributed by atoms with van der Waals surface area (Å²) < 4.78 is 18.5. The van der Waals surface area contributed by atoms with Crippen molar-refractivity contribution in [3.8, 4) is 5.75 Å². The van der Waals surface area contributed by atoms with Crippen LogP contribution < -0.4 is 10.5 Å². The van der Waals surface area contributed by atoms with E-state index in [1.54, 1.807) is 6.07 Å². The van der Waals surface area contributed by atoms with Crippen LogP contribution in [0.15, 0.2) is 18.2 Å². The van der Waals surface area contributed by atoms with E-state index in [0.717, 1.165) is 24.2 Å². The molecule has 0 bridgehead atoms. The van der Waals surface area contributed by atoms with Gasteiger partial charge >= 0.3 is 0 Å². The molecule has 0 aliphatic carbocycles. The molecule has 0 saturated heterocycles. The molecule has 0 fully saturated rings. The Hall–Kier alpha value is -1.16. The molecule has 0 atom stereocenters. The number of hydrogen-bond acceptors (Lipinski definition) is 2. The predicted molar refractivity (Wildman–Crippen MR) is 76.4 cm³/mol. The Morgan fingerprint density at radius 2 is 2.11 bits per heavy atom. The molecule has 1 aromatic rings. The van der Waals surface area contributed by atoms with Crippen molar-refractivity contribution in [2.24, 2.45) is 11.1 Å². The Bertz CT molecular complexity index is 432. The maximum absolute atomic E-state index is 12.9. The van der Waals surface area contributed by atoms with Gasteiger partial charge in [-0.3, -0.25) is 0 Å². The SMILES string of the molecule is Cc1cc(F)ccc1OCCCC(C)(C)C(N)=S. The van der Waals surface area contributed by atoms with Crippen molar-refractivity contribution in [2.75, 3.05) is 6.61 Å². The molecule has 1 rings (SSSR count). The molecular weight excluding hydrogens is 249 g/mol. The zero-order valence-corrected chi connectivity index (χ0v) is 11.9. The number of benzene rings is 1. The average molecular weight is 269 g/mol. The Morgan fingerprint density at radius 3 is 2.67 bits per heavy atom. The summed E-state index contributed by atoms with van der Waals surface area (Å²) in [6.07, 6.45) is 1.74. The Morgan fingerprint density at radius 1 is 1.44 bits per heavy atom. The van der Waals surface area contributed by atoms with Gasteiger partial charge in [-0.25, -0.2) is 4.39 Å². The van der Waals surface area contributed by atoms with Gasteiger partial charge in [-0.2, -0.15) is 0 Å². The first-order chi connectivity index (χ1) is 8.33. The number of thiocarbonyl (C=S) groups is 1. The smallest absolute Gasteiger partial charge is 0.123 e. The quantitative estimate of drug-likeness (QED) is 0.633. The van der Waals surface area contributed by atoms with Gasteiger partial charge in [-0.1, -0.05) is 26.1 Å². The van der Waals surface area contributed by atoms with E-state index in [0.29, 0.717) is 11.6 Å². The summed E-state index contributed by atoms with van der Waals surface area (Å²) in [6.45, 7) is 6.47. The lowest BCUT2D eigenvalue weighted by molar-refractivity contribution is 0.286. The lowest BCUT2D eigenvalue weighted by Crippen LogP contribution is -2.30. The Kier molecular flexibility index (Phi) is 5.08. The normalized spacial score (nSPS) is 11.3. The second-order valence-corrected chi connectivity index (χ2v) is 5.55. The fourth-order valence-corrected chi connectivity index (χ4v) is 1.70. The van der Waals surface area contributed by atoms with Crippen molar-refractivity contribution in [2.45, 2.75) is 33.6 Å². The minimum Gasteiger partial charge on any atom is -0.493 e. The average Bonchev–Trinajstić information content (AvgIpc) is 2.26. The van der Waals surface area contributed by atoms with E-state index in [1.807, 2.05) is 20.8 Å². The lowest BCUT2D eigenvalue weighted by Gasteiger charge is -2.22. The largest absolute Gasteiger partial charge is 0.493 e. The number of hydrogen-bond donors (Lipinski definition) is 1. The second-order valence-electron chi connectivity index (χ2n) is 5.11. The number of aryl methyl sites for hydroxylation is 1. The summed E-state index contributed by atoms with van der Waals surface area (Å²) in [5.41, 5.74) is 6.32. The molecule has 1 aromatic carbocycles. The molecule has 0 unspecified atom stereocenters. The van der Waals surface area contributed by atoms with E-state index in [1.165, 1.54) is 12.1 Å². The lowest BCUT2D eigenvalue weighted by atomic mass is 9.88. The maximum atomic E-state index is 12.9. The summed E-state index contributed by atoms with van der Waals surface area (Å²) in [4.78, 5) is 0.528. The van der Waals surface area contributed by atoms with Crippen molar-refractivity contribution in [3.05, 3.63) is 29.6 Å². The number of nitrogens with two attached hydrogens (primary N) is 1. The number of ether oxygens (including phenoxy) is 1. The molecular formula is C14H20FNOS. The third-order valence-electron chi connectivity index (χ3n) is 3.01. The van der Waals surface area contributed by atoms with E-state index in [4.69, 9.17) is 22.7 Å². The summed E-state index contributed by atoms with van der Waals surface area (Å²) >= 11 is 5.01. The van der Waals surface area contributed by atoms with Crippen molar-refractivity contribution >= 4 is 17.2 Å². The highest BCUT2D eigenvalue weighted by atomic mass is 32.1. The van der Waals surface area contributed by atoms with Crippen LogP contribution in [0.1, 0.15) is 32.3 Å². The van der Waals surface area contributed by atoms with Crippen molar-refractivity contribution < 1.29 is 9.13 Å². The van der Waals surface area contributed by atoms with Crippen molar-refractivity contribution in [1.82, 2.24) is 0 Å². The Labute approximate surface area is 113 Å². The molecule has 0 amide bonds. The fraction of sp³-hybridized carbons (Fsp3) is 0.500. The molecule has 0 saturated carbocycles. The van der Waals surface area contributed by atoms with Crippen molar-refractivity contribution in [3.63, 3.8) is 0 Å². The van der Waals surface area contributed by atoms with Gasteiger partial charge in [0.05, 0.1) is 11.6 Å². The van der Waals surface area contributed by atoms with E-state index in [-0.39, 0.29) is 11.2 Å². The van der Waals surface area contributed by atoms with Gasteiger partial charge in [0.25, 0.3) is 0 Å². The monoisotopic (exact) mass is 269 g/mol. The third-order valence-corrected chi connectivity index (χ3v) is 3.56. The van der Waals surface area contributed by atoms with Crippen LogP contribution in [0.25, 0.3) is 0 Å². The van der Waals surface area contributed by atoms with Crippen molar-refractivity contribution in [1.29, 1.82) is 0 Å². The molecule has 2 nitrogen and oxygen atoms in total. The van der Waals surface area contributed by atoms with Crippen LogP contribution in [0.5, 0.6) is 5.75 Å². The van der Waals surface area contributed by atoms with Crippen LogP contribution in [0.3, 0.4) is 0 Å². The molecule has 0 heterocycles. The third kappa shape index (κ3) is 4.26. The van der Waals surface area contributed by atoms with E-state index < -0.39 is 0 Å². The summed E-state index contributed by atoms with van der Waals surface area (Å²) in [5, 5.41) is 0. The molecule has 0 aromatic heterocycles. The summed E-state index contributed by atoms with van der Waals surface area (Å²) in [7, 11) is 0. The van der Waals surface area contributed by atoms with Gasteiger partial charge in [0.2, 0.25) is 0 Å². The number of halogens is 1.